The highest BCUT2D eigenvalue weighted by Crippen LogP contribution is 2.27. The van der Waals surface area contributed by atoms with Gasteiger partial charge in [-0.25, -0.2) is 8.78 Å². The van der Waals surface area contributed by atoms with E-state index in [1.54, 1.807) is 0 Å². The van der Waals surface area contributed by atoms with Crippen molar-refractivity contribution in [2.45, 2.75) is 46.1 Å². The van der Waals surface area contributed by atoms with Crippen molar-refractivity contribution in [1.29, 1.82) is 0 Å². The van der Waals surface area contributed by atoms with Crippen molar-refractivity contribution in [2.75, 3.05) is 6.61 Å². The van der Waals surface area contributed by atoms with Gasteiger partial charge in [0, 0.05) is 12.2 Å². The van der Waals surface area contributed by atoms with Gasteiger partial charge in [-0.3, -0.25) is 0 Å². The van der Waals surface area contributed by atoms with Crippen LogP contribution in [0, 0.1) is 25.5 Å². The van der Waals surface area contributed by atoms with Crippen LogP contribution in [0.15, 0.2) is 36.4 Å². The van der Waals surface area contributed by atoms with Gasteiger partial charge in [0.05, 0.1) is 6.10 Å². The highest BCUT2D eigenvalue weighted by atomic mass is 19.1. The Kier molecular flexibility index (Phi) is 6.28. The quantitative estimate of drug-likeness (QED) is 0.597. The third kappa shape index (κ3) is 4.38. The minimum atomic E-state index is -0.480. The second-order valence-corrected chi connectivity index (χ2v) is 5.88. The standard InChI is InChI=1S/C20H24F2O/c1-4-19(20-14(2)8-5-9-15(20)3)23-13-7-10-16-17(21)11-6-12-18(16)22/h5-6,8-9,11-12,19H,4,7,10,13H2,1-3H3. The Morgan fingerprint density at radius 2 is 1.52 bits per heavy atom. The molecular weight excluding hydrogens is 294 g/mol. The number of benzene rings is 2. The zero-order chi connectivity index (χ0) is 16.8. The lowest BCUT2D eigenvalue weighted by atomic mass is 9.96. The normalized spacial score (nSPS) is 12.4. The van der Waals surface area contributed by atoms with Crippen LogP contribution in [0.1, 0.15) is 48.1 Å². The van der Waals surface area contributed by atoms with E-state index in [4.69, 9.17) is 4.74 Å². The minimum Gasteiger partial charge on any atom is -0.374 e. The Bertz CT molecular complexity index is 612. The molecule has 2 rings (SSSR count). The van der Waals surface area contributed by atoms with Crippen LogP contribution in [0.25, 0.3) is 0 Å². The molecule has 0 aliphatic heterocycles. The molecule has 124 valence electrons. The monoisotopic (exact) mass is 318 g/mol. The first-order chi connectivity index (χ1) is 11.0. The third-order valence-corrected chi connectivity index (χ3v) is 4.19. The molecule has 1 unspecified atom stereocenters. The molecule has 0 saturated heterocycles. The van der Waals surface area contributed by atoms with Crippen molar-refractivity contribution >= 4 is 0 Å². The molecule has 23 heavy (non-hydrogen) atoms. The van der Waals surface area contributed by atoms with Gasteiger partial charge < -0.3 is 4.74 Å². The molecule has 0 fully saturated rings. The molecule has 0 heterocycles. The first-order valence-corrected chi connectivity index (χ1v) is 8.15. The first kappa shape index (κ1) is 17.6. The summed E-state index contributed by atoms with van der Waals surface area (Å²) in [6.45, 7) is 6.75. The third-order valence-electron chi connectivity index (χ3n) is 4.19. The highest BCUT2D eigenvalue weighted by molar-refractivity contribution is 5.35. The average Bonchev–Trinajstić information content (AvgIpc) is 2.51. The van der Waals surface area contributed by atoms with Gasteiger partial charge in [0.2, 0.25) is 0 Å². The SMILES string of the molecule is CCC(OCCCc1c(F)cccc1F)c1c(C)cccc1C. The number of ether oxygens (including phenoxy) is 1. The van der Waals surface area contributed by atoms with E-state index in [0.29, 0.717) is 19.4 Å². The first-order valence-electron chi connectivity index (χ1n) is 8.15. The van der Waals surface area contributed by atoms with E-state index in [-0.39, 0.29) is 11.7 Å². The van der Waals surface area contributed by atoms with Gasteiger partial charge in [-0.2, -0.15) is 0 Å². The minimum absolute atomic E-state index is 0.0293. The zero-order valence-electron chi connectivity index (χ0n) is 14.0. The number of halogens is 2. The molecule has 0 aliphatic rings. The summed E-state index contributed by atoms with van der Waals surface area (Å²) in [6.07, 6.45) is 1.85. The molecule has 1 nitrogen and oxygen atoms in total. The lowest BCUT2D eigenvalue weighted by Crippen LogP contribution is -2.09. The van der Waals surface area contributed by atoms with Crippen LogP contribution in [0.2, 0.25) is 0 Å². The van der Waals surface area contributed by atoms with Crippen LogP contribution in [0.4, 0.5) is 8.78 Å². The van der Waals surface area contributed by atoms with Crippen LogP contribution in [-0.4, -0.2) is 6.61 Å². The summed E-state index contributed by atoms with van der Waals surface area (Å²) >= 11 is 0. The van der Waals surface area contributed by atoms with E-state index in [1.807, 2.05) is 6.07 Å². The molecule has 0 saturated carbocycles. The van der Waals surface area contributed by atoms with E-state index >= 15 is 0 Å². The predicted octanol–water partition coefficient (Wildman–Crippen LogP) is 5.68. The Balaban J connectivity index is 1.94. The molecule has 0 bridgehead atoms. The van der Waals surface area contributed by atoms with Crippen molar-refractivity contribution in [1.82, 2.24) is 0 Å². The fraction of sp³-hybridized carbons (Fsp3) is 0.400. The summed E-state index contributed by atoms with van der Waals surface area (Å²) in [4.78, 5) is 0. The summed E-state index contributed by atoms with van der Waals surface area (Å²) < 4.78 is 33.2. The fourth-order valence-electron chi connectivity index (χ4n) is 2.99. The van der Waals surface area contributed by atoms with Crippen molar-refractivity contribution in [3.63, 3.8) is 0 Å². The number of hydrogen-bond donors (Lipinski definition) is 0. The summed E-state index contributed by atoms with van der Waals surface area (Å²) in [5.41, 5.74) is 3.82. The van der Waals surface area contributed by atoms with Gasteiger partial charge in [0.25, 0.3) is 0 Å². The summed E-state index contributed by atoms with van der Waals surface area (Å²) in [5, 5.41) is 0. The van der Waals surface area contributed by atoms with Gasteiger partial charge >= 0.3 is 0 Å². The van der Waals surface area contributed by atoms with Gasteiger partial charge in [-0.05, 0) is 61.9 Å². The van der Waals surface area contributed by atoms with Crippen molar-refractivity contribution in [3.05, 3.63) is 70.3 Å². The van der Waals surface area contributed by atoms with Crippen LogP contribution in [0.5, 0.6) is 0 Å². The molecule has 1 atom stereocenters. The number of hydrogen-bond acceptors (Lipinski definition) is 1. The van der Waals surface area contributed by atoms with Crippen LogP contribution < -0.4 is 0 Å². The molecule has 0 aliphatic carbocycles. The van der Waals surface area contributed by atoms with Gasteiger partial charge in [0.1, 0.15) is 11.6 Å². The molecule has 0 radical (unpaired) electrons. The van der Waals surface area contributed by atoms with E-state index in [2.05, 4.69) is 32.9 Å². The zero-order valence-corrected chi connectivity index (χ0v) is 14.0. The Hall–Kier alpha value is -1.74. The summed E-state index contributed by atoms with van der Waals surface area (Å²) in [6, 6.07) is 10.2. The maximum atomic E-state index is 13.6. The van der Waals surface area contributed by atoms with Gasteiger partial charge in [-0.15, -0.1) is 0 Å². The fourth-order valence-corrected chi connectivity index (χ4v) is 2.99. The molecule has 0 aromatic heterocycles. The van der Waals surface area contributed by atoms with Crippen LogP contribution >= 0.6 is 0 Å². The Morgan fingerprint density at radius 3 is 2.09 bits per heavy atom. The molecular formula is C20H24F2O. The van der Waals surface area contributed by atoms with Crippen molar-refractivity contribution < 1.29 is 13.5 Å². The lowest BCUT2D eigenvalue weighted by Gasteiger charge is -2.21. The second kappa shape index (κ2) is 8.21. The molecule has 3 heteroatoms. The molecule has 0 N–H and O–H groups in total. The maximum absolute atomic E-state index is 13.6. The molecule has 2 aromatic carbocycles. The van der Waals surface area contributed by atoms with E-state index in [1.165, 1.54) is 34.9 Å². The van der Waals surface area contributed by atoms with Crippen LogP contribution in [0.3, 0.4) is 0 Å². The number of rotatable bonds is 7. The van der Waals surface area contributed by atoms with E-state index < -0.39 is 11.6 Å². The average molecular weight is 318 g/mol. The van der Waals surface area contributed by atoms with E-state index in [9.17, 15) is 8.78 Å². The Morgan fingerprint density at radius 1 is 0.957 bits per heavy atom. The predicted molar refractivity (Wildman–Crippen MR) is 89.6 cm³/mol. The maximum Gasteiger partial charge on any atom is 0.129 e. The molecule has 0 spiro atoms. The largest absolute Gasteiger partial charge is 0.374 e. The topological polar surface area (TPSA) is 9.23 Å². The molecule has 0 amide bonds. The number of aryl methyl sites for hydroxylation is 2. The lowest BCUT2D eigenvalue weighted by molar-refractivity contribution is 0.0475. The second-order valence-electron chi connectivity index (χ2n) is 5.88. The highest BCUT2D eigenvalue weighted by Gasteiger charge is 2.15. The Labute approximate surface area is 137 Å². The smallest absolute Gasteiger partial charge is 0.129 e. The van der Waals surface area contributed by atoms with Gasteiger partial charge in [-0.1, -0.05) is 31.2 Å². The van der Waals surface area contributed by atoms with E-state index in [0.717, 1.165) is 6.42 Å². The van der Waals surface area contributed by atoms with Crippen LogP contribution in [-0.2, 0) is 11.2 Å². The van der Waals surface area contributed by atoms with Crippen molar-refractivity contribution in [3.8, 4) is 0 Å². The summed E-state index contributed by atoms with van der Waals surface area (Å²) in [7, 11) is 0. The van der Waals surface area contributed by atoms with Crippen molar-refractivity contribution in [2.24, 2.45) is 0 Å². The summed E-state index contributed by atoms with van der Waals surface area (Å²) in [5.74, 6) is -0.960. The van der Waals surface area contributed by atoms with Gasteiger partial charge in [0.15, 0.2) is 0 Å². The molecule has 2 aromatic rings.